The van der Waals surface area contributed by atoms with Gasteiger partial charge in [-0.1, -0.05) is 24.3 Å². The summed E-state index contributed by atoms with van der Waals surface area (Å²) in [5.74, 6) is 0. The number of carbonyl (C=O) groups excluding carboxylic acids is 1. The van der Waals surface area contributed by atoms with E-state index in [0.29, 0.717) is 0 Å². The molecule has 1 N–H and O–H groups in total. The fourth-order valence-electron chi connectivity index (χ4n) is 1.58. The first kappa shape index (κ1) is 10.4. The zero-order chi connectivity index (χ0) is 11.5. The lowest BCUT2D eigenvalue weighted by atomic mass is 10.1. The van der Waals surface area contributed by atoms with Crippen LogP contribution < -0.4 is 5.32 Å². The fourth-order valence-corrected chi connectivity index (χ4v) is 1.58. The van der Waals surface area contributed by atoms with E-state index in [4.69, 9.17) is 0 Å². The van der Waals surface area contributed by atoms with E-state index < -0.39 is 0 Å². The van der Waals surface area contributed by atoms with E-state index in [1.54, 1.807) is 13.3 Å². The molecule has 0 atom stereocenters. The van der Waals surface area contributed by atoms with Crippen molar-refractivity contribution in [2.75, 3.05) is 7.05 Å². The van der Waals surface area contributed by atoms with E-state index >= 15 is 0 Å². The van der Waals surface area contributed by atoms with Crippen molar-refractivity contribution >= 4 is 18.3 Å². The van der Waals surface area contributed by atoms with Crippen LogP contribution in [0.15, 0.2) is 35.1 Å². The Kier molecular flexibility index (Phi) is 2.72. The van der Waals surface area contributed by atoms with Crippen molar-refractivity contribution in [2.45, 2.75) is 6.92 Å². The Labute approximate surface area is 94.3 Å². The second kappa shape index (κ2) is 4.18. The van der Waals surface area contributed by atoms with Gasteiger partial charge in [0.15, 0.2) is 0 Å². The zero-order valence-electron chi connectivity index (χ0n) is 9.27. The van der Waals surface area contributed by atoms with Crippen LogP contribution in [-0.4, -0.2) is 24.3 Å². The highest BCUT2D eigenvalue weighted by atomic mass is 16.2. The standard InChI is InChI=1S/C12H13N3O/c1-9-7-10-5-3-4-6-11(10)8-14-15(9)12(16)13-2/h3-8H,1-2H3,(H,13,16). The van der Waals surface area contributed by atoms with E-state index in [-0.39, 0.29) is 6.03 Å². The number of hydrogen-bond acceptors (Lipinski definition) is 2. The average Bonchev–Trinajstić information content (AvgIpc) is 2.46. The smallest absolute Gasteiger partial charge is 0.339 e. The lowest BCUT2D eigenvalue weighted by Crippen LogP contribution is -2.32. The van der Waals surface area contributed by atoms with Crippen LogP contribution in [-0.2, 0) is 0 Å². The molecule has 1 aliphatic heterocycles. The normalized spacial score (nSPS) is 13.9. The van der Waals surface area contributed by atoms with Gasteiger partial charge in [-0.25, -0.2) is 4.79 Å². The largest absolute Gasteiger partial charge is 0.342 e. The van der Waals surface area contributed by atoms with Crippen molar-refractivity contribution in [1.82, 2.24) is 10.3 Å². The summed E-state index contributed by atoms with van der Waals surface area (Å²) in [7, 11) is 1.59. The van der Waals surface area contributed by atoms with Crippen LogP contribution in [0.4, 0.5) is 4.79 Å². The molecule has 0 bridgehead atoms. The fraction of sp³-hybridized carbons (Fsp3) is 0.167. The van der Waals surface area contributed by atoms with Crippen LogP contribution in [0, 0.1) is 0 Å². The van der Waals surface area contributed by atoms with Gasteiger partial charge >= 0.3 is 6.03 Å². The first-order valence-electron chi connectivity index (χ1n) is 5.05. The highest BCUT2D eigenvalue weighted by Gasteiger charge is 2.14. The molecule has 1 aliphatic rings. The Morgan fingerprint density at radius 2 is 2.00 bits per heavy atom. The minimum atomic E-state index is -0.238. The summed E-state index contributed by atoms with van der Waals surface area (Å²) in [5, 5.41) is 8.04. The lowest BCUT2D eigenvalue weighted by molar-refractivity contribution is 0.216. The molecule has 0 radical (unpaired) electrons. The predicted octanol–water partition coefficient (Wildman–Crippen LogP) is 2.04. The molecule has 0 unspecified atom stereocenters. The second-order valence-corrected chi connectivity index (χ2v) is 3.53. The summed E-state index contributed by atoms with van der Waals surface area (Å²) < 4.78 is 0. The molecule has 0 saturated heterocycles. The first-order chi connectivity index (χ1) is 7.72. The highest BCUT2D eigenvalue weighted by molar-refractivity contribution is 5.89. The molecule has 1 aromatic rings. The number of carbonyl (C=O) groups is 1. The van der Waals surface area contributed by atoms with Crippen LogP contribution in [0.25, 0.3) is 6.08 Å². The van der Waals surface area contributed by atoms with Crippen LogP contribution in [0.3, 0.4) is 0 Å². The van der Waals surface area contributed by atoms with E-state index in [2.05, 4.69) is 10.4 Å². The molecule has 0 fully saturated rings. The summed E-state index contributed by atoms with van der Waals surface area (Å²) in [4.78, 5) is 11.5. The van der Waals surface area contributed by atoms with E-state index in [9.17, 15) is 4.79 Å². The lowest BCUT2D eigenvalue weighted by Gasteiger charge is -2.15. The second-order valence-electron chi connectivity index (χ2n) is 3.53. The SMILES string of the molecule is CNC(=O)N1N=Cc2ccccc2C=C1C. The van der Waals surface area contributed by atoms with E-state index in [0.717, 1.165) is 16.8 Å². The quantitative estimate of drug-likeness (QED) is 0.707. The molecule has 2 rings (SSSR count). The molecule has 82 valence electrons. The molecule has 4 heteroatoms. The number of rotatable bonds is 0. The topological polar surface area (TPSA) is 44.7 Å². The Balaban J connectivity index is 2.44. The van der Waals surface area contributed by atoms with Crippen LogP contribution in [0.5, 0.6) is 0 Å². The van der Waals surface area contributed by atoms with Crippen LogP contribution in [0.1, 0.15) is 18.1 Å². The van der Waals surface area contributed by atoms with Crippen molar-refractivity contribution in [2.24, 2.45) is 5.10 Å². The molecular weight excluding hydrogens is 202 g/mol. The van der Waals surface area contributed by atoms with Crippen molar-refractivity contribution in [3.8, 4) is 0 Å². The maximum atomic E-state index is 11.5. The number of nitrogens with one attached hydrogen (secondary N) is 1. The molecule has 0 aliphatic carbocycles. The maximum Gasteiger partial charge on any atom is 0.342 e. The third-order valence-electron chi connectivity index (χ3n) is 2.41. The van der Waals surface area contributed by atoms with Gasteiger partial charge in [-0.05, 0) is 18.6 Å². The first-order valence-corrected chi connectivity index (χ1v) is 5.05. The van der Waals surface area contributed by atoms with Crippen molar-refractivity contribution < 1.29 is 4.79 Å². The Morgan fingerprint density at radius 1 is 1.31 bits per heavy atom. The summed E-state index contributed by atoms with van der Waals surface area (Å²) in [6.07, 6.45) is 3.63. The van der Waals surface area contributed by atoms with Gasteiger partial charge in [0.1, 0.15) is 0 Å². The molecular formula is C12H13N3O. The number of nitrogens with zero attached hydrogens (tertiary/aromatic N) is 2. The minimum absolute atomic E-state index is 0.238. The van der Waals surface area contributed by atoms with Gasteiger partial charge in [0, 0.05) is 18.3 Å². The summed E-state index contributed by atoms with van der Waals surface area (Å²) in [6, 6.07) is 7.64. The van der Waals surface area contributed by atoms with Gasteiger partial charge < -0.3 is 5.32 Å². The van der Waals surface area contributed by atoms with Gasteiger partial charge in [0.25, 0.3) is 0 Å². The van der Waals surface area contributed by atoms with Gasteiger partial charge in [0.05, 0.1) is 6.21 Å². The number of urea groups is 1. The van der Waals surface area contributed by atoms with Gasteiger partial charge in [-0.2, -0.15) is 10.1 Å². The molecule has 0 aromatic heterocycles. The molecule has 1 aromatic carbocycles. The van der Waals surface area contributed by atoms with Gasteiger partial charge in [-0.3, -0.25) is 0 Å². The number of hydrogen-bond donors (Lipinski definition) is 1. The predicted molar refractivity (Wildman–Crippen MR) is 64.0 cm³/mol. The van der Waals surface area contributed by atoms with Crippen LogP contribution >= 0.6 is 0 Å². The summed E-state index contributed by atoms with van der Waals surface area (Å²) in [5.41, 5.74) is 2.86. The summed E-state index contributed by atoms with van der Waals surface area (Å²) >= 11 is 0. The summed E-state index contributed by atoms with van der Waals surface area (Å²) in [6.45, 7) is 1.86. The molecule has 2 amide bonds. The molecule has 16 heavy (non-hydrogen) atoms. The van der Waals surface area contributed by atoms with Crippen molar-refractivity contribution in [1.29, 1.82) is 0 Å². The molecule has 0 spiro atoms. The minimum Gasteiger partial charge on any atom is -0.339 e. The molecule has 4 nitrogen and oxygen atoms in total. The van der Waals surface area contributed by atoms with Crippen molar-refractivity contribution in [3.05, 3.63) is 41.1 Å². The van der Waals surface area contributed by atoms with Crippen molar-refractivity contribution in [3.63, 3.8) is 0 Å². The third kappa shape index (κ3) is 1.82. The van der Waals surface area contributed by atoms with Gasteiger partial charge in [-0.15, -0.1) is 0 Å². The number of fused-ring (bicyclic) bond motifs is 1. The Bertz CT molecular complexity index is 477. The number of allylic oxidation sites excluding steroid dienone is 1. The third-order valence-corrected chi connectivity index (χ3v) is 2.41. The van der Waals surface area contributed by atoms with Crippen LogP contribution in [0.2, 0.25) is 0 Å². The molecule has 1 heterocycles. The molecule has 0 saturated carbocycles. The monoisotopic (exact) mass is 215 g/mol. The maximum absolute atomic E-state index is 11.5. The Hall–Kier alpha value is -2.10. The number of amides is 2. The van der Waals surface area contributed by atoms with E-state index in [1.165, 1.54) is 5.01 Å². The van der Waals surface area contributed by atoms with E-state index in [1.807, 2.05) is 37.3 Å². The Morgan fingerprint density at radius 3 is 2.69 bits per heavy atom. The van der Waals surface area contributed by atoms with Gasteiger partial charge in [0.2, 0.25) is 0 Å². The zero-order valence-corrected chi connectivity index (χ0v) is 9.27. The number of benzene rings is 1. The number of hydrazone groups is 1. The average molecular weight is 215 g/mol. The highest BCUT2D eigenvalue weighted by Crippen LogP contribution is 2.17.